The Kier molecular flexibility index (Phi) is 5.64. The molecule has 5 rings (SSSR count). The molecule has 10 heteroatoms. The molecule has 0 radical (unpaired) electrons. The van der Waals surface area contributed by atoms with E-state index >= 15 is 0 Å². The van der Waals surface area contributed by atoms with Crippen LogP contribution >= 0.6 is 0 Å². The van der Waals surface area contributed by atoms with Crippen LogP contribution in [0.15, 0.2) is 30.3 Å². The summed E-state index contributed by atoms with van der Waals surface area (Å²) in [6.07, 6.45) is 1.23. The Bertz CT molecular complexity index is 1370. The van der Waals surface area contributed by atoms with Crippen LogP contribution in [0.5, 0.6) is 11.5 Å². The fourth-order valence-corrected chi connectivity index (χ4v) is 4.34. The maximum atomic E-state index is 12.8. The van der Waals surface area contributed by atoms with Gasteiger partial charge in [0.05, 0.1) is 18.9 Å². The number of rotatable bonds is 7. The highest BCUT2D eigenvalue weighted by atomic mass is 16.5. The number of anilines is 1. The third-order valence-electron chi connectivity index (χ3n) is 5.86. The Hall–Kier alpha value is -3.95. The van der Waals surface area contributed by atoms with Gasteiger partial charge in [-0.1, -0.05) is 13.0 Å². The summed E-state index contributed by atoms with van der Waals surface area (Å²) >= 11 is 0. The summed E-state index contributed by atoms with van der Waals surface area (Å²) in [6, 6.07) is 9.55. The van der Waals surface area contributed by atoms with Crippen LogP contribution in [-0.4, -0.2) is 48.7 Å². The van der Waals surface area contributed by atoms with E-state index in [4.69, 9.17) is 14.6 Å². The number of nitrogens with one attached hydrogen (secondary N) is 1. The lowest BCUT2D eigenvalue weighted by Crippen LogP contribution is -2.25. The van der Waals surface area contributed by atoms with E-state index in [9.17, 15) is 4.79 Å². The van der Waals surface area contributed by atoms with Crippen molar-refractivity contribution in [3.8, 4) is 17.3 Å². The van der Waals surface area contributed by atoms with Gasteiger partial charge in [0.25, 0.3) is 0 Å². The third kappa shape index (κ3) is 3.74. The van der Waals surface area contributed by atoms with Crippen molar-refractivity contribution >= 4 is 17.4 Å². The fourth-order valence-electron chi connectivity index (χ4n) is 4.34. The van der Waals surface area contributed by atoms with Crippen LogP contribution in [0.4, 0.5) is 5.82 Å². The highest BCUT2D eigenvalue weighted by Crippen LogP contribution is 2.42. The van der Waals surface area contributed by atoms with Crippen LogP contribution in [0.2, 0.25) is 0 Å². The van der Waals surface area contributed by atoms with Gasteiger partial charge in [-0.15, -0.1) is 15.3 Å². The van der Waals surface area contributed by atoms with Crippen molar-refractivity contribution in [2.75, 3.05) is 18.5 Å². The molecule has 0 saturated carbocycles. The molecule has 34 heavy (non-hydrogen) atoms. The maximum Gasteiger partial charge on any atom is 0.226 e. The van der Waals surface area contributed by atoms with Crippen molar-refractivity contribution in [3.05, 3.63) is 53.0 Å². The van der Waals surface area contributed by atoms with Crippen LogP contribution in [0.3, 0.4) is 0 Å². The molecule has 0 spiro atoms. The number of hydrogen-bond donors (Lipinski definition) is 1. The topological polar surface area (TPSA) is 108 Å². The smallest absolute Gasteiger partial charge is 0.226 e. The van der Waals surface area contributed by atoms with E-state index in [0.29, 0.717) is 54.2 Å². The minimum Gasteiger partial charge on any atom is -0.490 e. The Morgan fingerprint density at radius 2 is 1.91 bits per heavy atom. The van der Waals surface area contributed by atoms with Gasteiger partial charge >= 0.3 is 0 Å². The number of aryl methyl sites for hydroxylation is 2. The van der Waals surface area contributed by atoms with Gasteiger partial charge in [0.15, 0.2) is 28.8 Å². The van der Waals surface area contributed by atoms with Crippen LogP contribution in [0, 0.1) is 13.8 Å². The van der Waals surface area contributed by atoms with Crippen LogP contribution in [-0.2, 0) is 4.79 Å². The summed E-state index contributed by atoms with van der Waals surface area (Å²) in [5.74, 6) is 3.01. The number of amides is 1. The summed E-state index contributed by atoms with van der Waals surface area (Å²) < 4.78 is 15.0. The number of hydrogen-bond acceptors (Lipinski definition) is 7. The second-order valence-electron chi connectivity index (χ2n) is 8.26. The molecule has 176 valence electrons. The second-order valence-corrected chi connectivity index (χ2v) is 8.26. The van der Waals surface area contributed by atoms with Crippen LogP contribution in [0.1, 0.15) is 55.3 Å². The number of nitrogens with zero attached hydrogens (tertiary/aromatic N) is 6. The number of benzene rings is 1. The Morgan fingerprint density at radius 1 is 1.06 bits per heavy atom. The van der Waals surface area contributed by atoms with E-state index < -0.39 is 0 Å². The first-order valence-electron chi connectivity index (χ1n) is 11.5. The largest absolute Gasteiger partial charge is 0.490 e. The minimum absolute atomic E-state index is 0.0792. The van der Waals surface area contributed by atoms with E-state index in [1.165, 1.54) is 0 Å². The zero-order valence-corrected chi connectivity index (χ0v) is 19.7. The third-order valence-corrected chi connectivity index (χ3v) is 5.86. The summed E-state index contributed by atoms with van der Waals surface area (Å²) in [6.45, 7) is 8.93. The molecule has 1 aliphatic heterocycles. The molecule has 4 aromatic rings. The summed E-state index contributed by atoms with van der Waals surface area (Å²) in [5.41, 5.74) is 3.41. The summed E-state index contributed by atoms with van der Waals surface area (Å²) in [5, 5.41) is 20.5. The van der Waals surface area contributed by atoms with Crippen molar-refractivity contribution in [1.82, 2.24) is 29.6 Å². The number of fused-ring (bicyclic) bond motifs is 2. The van der Waals surface area contributed by atoms with Crippen molar-refractivity contribution in [1.29, 1.82) is 0 Å². The summed E-state index contributed by atoms with van der Waals surface area (Å²) in [4.78, 5) is 12.8. The minimum atomic E-state index is -0.169. The van der Waals surface area contributed by atoms with Crippen molar-refractivity contribution < 1.29 is 14.3 Å². The molecule has 10 nitrogen and oxygen atoms in total. The van der Waals surface area contributed by atoms with E-state index in [-0.39, 0.29) is 11.8 Å². The molecule has 1 aromatic carbocycles. The van der Waals surface area contributed by atoms with Crippen molar-refractivity contribution in [2.45, 2.75) is 46.5 Å². The highest BCUT2D eigenvalue weighted by Gasteiger charge is 2.33. The predicted molar refractivity (Wildman–Crippen MR) is 126 cm³/mol. The first-order valence-corrected chi connectivity index (χ1v) is 11.5. The average molecular weight is 462 g/mol. The molecule has 0 unspecified atom stereocenters. The summed E-state index contributed by atoms with van der Waals surface area (Å²) in [7, 11) is 0. The quantitative estimate of drug-likeness (QED) is 0.448. The lowest BCUT2D eigenvalue weighted by molar-refractivity contribution is -0.116. The number of carbonyl (C=O) groups excluding carboxylic acids is 1. The molecule has 0 bridgehead atoms. The van der Waals surface area contributed by atoms with Gasteiger partial charge in [0.2, 0.25) is 5.91 Å². The van der Waals surface area contributed by atoms with E-state index in [2.05, 4.69) is 27.5 Å². The van der Waals surface area contributed by atoms with Crippen LogP contribution < -0.4 is 14.8 Å². The Morgan fingerprint density at radius 3 is 2.71 bits per heavy atom. The number of carbonyl (C=O) groups is 1. The predicted octanol–water partition coefficient (Wildman–Crippen LogP) is 3.59. The van der Waals surface area contributed by atoms with Crippen molar-refractivity contribution in [3.63, 3.8) is 0 Å². The SMILES string of the molecule is CCCOc1ccc([C@H]2CC(=O)Nc3c2c(C)nn3-c2ccc3nnc(C)n3n2)cc1OCC. The van der Waals surface area contributed by atoms with E-state index in [0.717, 1.165) is 23.2 Å². The first-order chi connectivity index (χ1) is 16.5. The lowest BCUT2D eigenvalue weighted by Gasteiger charge is -2.25. The van der Waals surface area contributed by atoms with E-state index in [1.807, 2.05) is 51.1 Å². The normalized spacial score (nSPS) is 15.3. The Labute approximate surface area is 196 Å². The standard InChI is InChI=1S/C24H27N7O3/c1-5-11-34-18-8-7-16(12-19(18)33-6-2)17-13-22(32)25-24-23(17)14(3)28-31(24)21-10-9-20-27-26-15(4)30(20)29-21/h7-10,12,17H,5-6,11,13H2,1-4H3,(H,25,32)/t17-/m1/s1. The molecule has 0 aliphatic carbocycles. The molecule has 0 fully saturated rings. The van der Waals surface area contributed by atoms with Gasteiger partial charge in [-0.2, -0.15) is 14.3 Å². The zero-order chi connectivity index (χ0) is 23.8. The lowest BCUT2D eigenvalue weighted by atomic mass is 9.85. The molecule has 1 atom stereocenters. The van der Waals surface area contributed by atoms with E-state index in [1.54, 1.807) is 9.20 Å². The van der Waals surface area contributed by atoms with Gasteiger partial charge in [0, 0.05) is 17.9 Å². The monoisotopic (exact) mass is 461 g/mol. The van der Waals surface area contributed by atoms with Gasteiger partial charge < -0.3 is 14.8 Å². The molecule has 4 heterocycles. The molecule has 0 saturated heterocycles. The first kappa shape index (κ1) is 21.9. The molecule has 1 N–H and O–H groups in total. The molecule has 3 aromatic heterocycles. The fraction of sp³-hybridized carbons (Fsp3) is 0.375. The van der Waals surface area contributed by atoms with Crippen LogP contribution in [0.25, 0.3) is 11.5 Å². The zero-order valence-electron chi connectivity index (χ0n) is 19.7. The Balaban J connectivity index is 1.59. The van der Waals surface area contributed by atoms with Gasteiger partial charge in [0.1, 0.15) is 5.82 Å². The molecule has 1 amide bonds. The molecular weight excluding hydrogens is 434 g/mol. The highest BCUT2D eigenvalue weighted by molar-refractivity contribution is 5.95. The van der Waals surface area contributed by atoms with Gasteiger partial charge in [-0.3, -0.25) is 4.79 Å². The van der Waals surface area contributed by atoms with Crippen molar-refractivity contribution in [2.24, 2.45) is 0 Å². The second kappa shape index (κ2) is 8.77. The maximum absolute atomic E-state index is 12.8. The average Bonchev–Trinajstić information content (AvgIpc) is 3.37. The number of ether oxygens (including phenoxy) is 2. The van der Waals surface area contributed by atoms with Gasteiger partial charge in [-0.05, 0) is 57.0 Å². The van der Waals surface area contributed by atoms with Gasteiger partial charge in [-0.25, -0.2) is 0 Å². The molecule has 1 aliphatic rings. The molecular formula is C24H27N7O3. The number of aromatic nitrogens is 6.